The first-order valence-corrected chi connectivity index (χ1v) is 17.4. The maximum Gasteiger partial charge on any atom is 0.410 e. The zero-order chi connectivity index (χ0) is 34.6. The Balaban J connectivity index is 1.42. The van der Waals surface area contributed by atoms with Crippen molar-refractivity contribution >= 4 is 32.7 Å². The van der Waals surface area contributed by atoms with Crippen molar-refractivity contribution in [1.82, 2.24) is 19.9 Å². The van der Waals surface area contributed by atoms with Gasteiger partial charge in [0.25, 0.3) is 0 Å². The van der Waals surface area contributed by atoms with Gasteiger partial charge >= 0.3 is 6.09 Å². The van der Waals surface area contributed by atoms with Gasteiger partial charge in [-0.15, -0.1) is 0 Å². The molecule has 10 nitrogen and oxygen atoms in total. The molecule has 254 valence electrons. The number of hydrogen-bond acceptors (Lipinski definition) is 9. The summed E-state index contributed by atoms with van der Waals surface area (Å²) >= 11 is 0. The van der Waals surface area contributed by atoms with Crippen molar-refractivity contribution in [2.75, 3.05) is 18.4 Å². The van der Waals surface area contributed by atoms with Gasteiger partial charge in [0.15, 0.2) is 9.84 Å². The number of halogens is 2. The fourth-order valence-electron chi connectivity index (χ4n) is 5.44. The predicted octanol–water partition coefficient (Wildman–Crippen LogP) is 7.88. The lowest BCUT2D eigenvalue weighted by atomic mass is 10.0. The van der Waals surface area contributed by atoms with E-state index in [1.165, 1.54) is 19.1 Å². The lowest BCUT2D eigenvalue weighted by molar-refractivity contribution is 0.0206. The molecule has 0 saturated carbocycles. The molecule has 5 rings (SSSR count). The van der Waals surface area contributed by atoms with Crippen molar-refractivity contribution in [3.63, 3.8) is 0 Å². The second-order valence-electron chi connectivity index (χ2n) is 12.7. The third-order valence-electron chi connectivity index (χ3n) is 7.70. The molecule has 3 heterocycles. The van der Waals surface area contributed by atoms with Gasteiger partial charge in [-0.05, 0) is 88.2 Å². The standard InChI is InChI=1S/C35H39F2N5O5S/c1-6-23(36)20-48(44,45)21-28-25-12-11-22(2)31(26(25)13-14-29(28)37)46-32-27(10-7-16-38-32)30-15-17-39-33(41-30)40-24-9-8-18-42(19-24)34(43)47-35(3,4)5/h7,10-17,20,24H,6,8-9,18-19,21H2,1-5H3,(H,39,40,41)/b23-20-/t24-/m0/s1. The van der Waals surface area contributed by atoms with Crippen LogP contribution in [-0.2, 0) is 20.3 Å². The summed E-state index contributed by atoms with van der Waals surface area (Å²) in [5, 5.41) is 4.68. The number of amides is 1. The first-order chi connectivity index (χ1) is 22.7. The number of hydrogen-bond donors (Lipinski definition) is 1. The number of aromatic nitrogens is 3. The number of allylic oxidation sites excluding steroid dienone is 1. The summed E-state index contributed by atoms with van der Waals surface area (Å²) in [5.74, 6) is -1.29. The van der Waals surface area contributed by atoms with Crippen LogP contribution in [0.2, 0.25) is 0 Å². The highest BCUT2D eigenvalue weighted by molar-refractivity contribution is 7.93. The Morgan fingerprint density at radius 3 is 2.62 bits per heavy atom. The van der Waals surface area contributed by atoms with E-state index in [1.54, 1.807) is 47.6 Å². The van der Waals surface area contributed by atoms with Gasteiger partial charge in [-0.2, -0.15) is 0 Å². The summed E-state index contributed by atoms with van der Waals surface area (Å²) in [6.45, 7) is 9.87. The molecule has 0 radical (unpaired) electrons. The molecule has 1 saturated heterocycles. The van der Waals surface area contributed by atoms with Crippen molar-refractivity contribution in [3.05, 3.63) is 83.0 Å². The van der Waals surface area contributed by atoms with Crippen LogP contribution in [0, 0.1) is 12.7 Å². The van der Waals surface area contributed by atoms with Crippen molar-refractivity contribution < 1.29 is 31.5 Å². The number of anilines is 1. The molecule has 0 unspecified atom stereocenters. The van der Waals surface area contributed by atoms with Crippen molar-refractivity contribution in [2.24, 2.45) is 0 Å². The van der Waals surface area contributed by atoms with Gasteiger partial charge in [0.2, 0.25) is 11.8 Å². The number of carbonyl (C=O) groups is 1. The van der Waals surface area contributed by atoms with Crippen LogP contribution in [0.15, 0.2) is 66.1 Å². The van der Waals surface area contributed by atoms with E-state index in [2.05, 4.69) is 15.3 Å². The molecule has 1 aliphatic rings. The predicted molar refractivity (Wildman–Crippen MR) is 181 cm³/mol. The van der Waals surface area contributed by atoms with Gasteiger partial charge in [-0.3, -0.25) is 0 Å². The van der Waals surface area contributed by atoms with Gasteiger partial charge < -0.3 is 19.7 Å². The molecule has 2 aromatic heterocycles. The van der Waals surface area contributed by atoms with E-state index in [0.29, 0.717) is 57.8 Å². The Labute approximate surface area is 279 Å². The highest BCUT2D eigenvalue weighted by Gasteiger charge is 2.28. The van der Waals surface area contributed by atoms with E-state index >= 15 is 4.39 Å². The van der Waals surface area contributed by atoms with Crippen LogP contribution in [0.1, 0.15) is 58.1 Å². The third-order valence-corrected chi connectivity index (χ3v) is 9.01. The Morgan fingerprint density at radius 1 is 1.10 bits per heavy atom. The van der Waals surface area contributed by atoms with Gasteiger partial charge in [0.05, 0.1) is 22.4 Å². The molecule has 2 aromatic carbocycles. The number of nitrogens with zero attached hydrogens (tertiary/aromatic N) is 4. The smallest absolute Gasteiger partial charge is 0.410 e. The molecule has 0 aliphatic carbocycles. The summed E-state index contributed by atoms with van der Waals surface area (Å²) in [6, 6.07) is 11.2. The molecule has 1 amide bonds. The molecule has 1 aliphatic heterocycles. The summed E-state index contributed by atoms with van der Waals surface area (Å²) in [6.07, 6.45) is 4.36. The summed E-state index contributed by atoms with van der Waals surface area (Å²) < 4.78 is 66.2. The topological polar surface area (TPSA) is 124 Å². The fraction of sp³-hybridized carbons (Fsp3) is 0.371. The summed E-state index contributed by atoms with van der Waals surface area (Å²) in [4.78, 5) is 27.9. The molecule has 4 aromatic rings. The second kappa shape index (κ2) is 14.2. The average Bonchev–Trinajstić information content (AvgIpc) is 3.03. The highest BCUT2D eigenvalue weighted by Crippen LogP contribution is 2.38. The van der Waals surface area contributed by atoms with E-state index in [-0.39, 0.29) is 30.0 Å². The number of carbonyl (C=O) groups excluding carboxylic acids is 1. The van der Waals surface area contributed by atoms with Crippen LogP contribution in [-0.4, -0.2) is 59.1 Å². The number of piperidine rings is 1. The summed E-state index contributed by atoms with van der Waals surface area (Å²) in [5.41, 5.74) is 1.11. The van der Waals surface area contributed by atoms with Crippen LogP contribution in [0.25, 0.3) is 22.0 Å². The van der Waals surface area contributed by atoms with Crippen LogP contribution in [0.5, 0.6) is 11.6 Å². The zero-order valence-electron chi connectivity index (χ0n) is 27.6. The second-order valence-corrected chi connectivity index (χ2v) is 14.5. The number of pyridine rings is 1. The molecular weight excluding hydrogens is 640 g/mol. The van der Waals surface area contributed by atoms with Gasteiger partial charge in [0, 0.05) is 42.5 Å². The van der Waals surface area contributed by atoms with Gasteiger partial charge in [-0.25, -0.2) is 36.9 Å². The van der Waals surface area contributed by atoms with Crippen LogP contribution >= 0.6 is 0 Å². The number of rotatable bonds is 9. The number of sulfone groups is 1. The van der Waals surface area contributed by atoms with Crippen molar-refractivity contribution in [2.45, 2.75) is 71.3 Å². The quantitative estimate of drug-likeness (QED) is 0.188. The normalized spacial score (nSPS) is 15.8. The van der Waals surface area contributed by atoms with E-state index in [9.17, 15) is 17.6 Å². The SMILES string of the molecule is CC/C(F)=C/S(=O)(=O)Cc1c(F)ccc2c(Oc3ncccc3-c3ccnc(N[C@H]4CCCN(C(=O)OC(C)(C)C)C4)n3)c(C)ccc12. The molecule has 1 N–H and O–H groups in total. The Bertz CT molecular complexity index is 1960. The molecule has 1 fully saturated rings. The van der Waals surface area contributed by atoms with E-state index in [0.717, 1.165) is 12.8 Å². The van der Waals surface area contributed by atoms with Crippen LogP contribution in [0.3, 0.4) is 0 Å². The fourth-order valence-corrected chi connectivity index (χ4v) is 6.77. The van der Waals surface area contributed by atoms with Crippen LogP contribution < -0.4 is 10.1 Å². The molecule has 0 spiro atoms. The van der Waals surface area contributed by atoms with E-state index in [1.807, 2.05) is 27.7 Å². The maximum absolute atomic E-state index is 15.1. The lowest BCUT2D eigenvalue weighted by Crippen LogP contribution is -2.47. The zero-order valence-corrected chi connectivity index (χ0v) is 28.4. The number of fused-ring (bicyclic) bond motifs is 1. The number of likely N-dealkylation sites (tertiary alicyclic amines) is 1. The van der Waals surface area contributed by atoms with Crippen molar-refractivity contribution in [3.8, 4) is 22.9 Å². The molecule has 48 heavy (non-hydrogen) atoms. The van der Waals surface area contributed by atoms with E-state index in [4.69, 9.17) is 14.5 Å². The average molecular weight is 680 g/mol. The first kappa shape index (κ1) is 34.7. The first-order valence-electron chi connectivity index (χ1n) is 15.7. The Kier molecular flexibility index (Phi) is 10.3. The monoisotopic (exact) mass is 679 g/mol. The minimum atomic E-state index is -4.09. The number of benzene rings is 2. The molecule has 1 atom stereocenters. The van der Waals surface area contributed by atoms with Gasteiger partial charge in [0.1, 0.15) is 23.0 Å². The molecule has 13 heteroatoms. The summed E-state index contributed by atoms with van der Waals surface area (Å²) in [7, 11) is -4.09. The number of ether oxygens (including phenoxy) is 2. The number of aryl methyl sites for hydroxylation is 1. The minimum absolute atomic E-state index is 0.0850. The van der Waals surface area contributed by atoms with E-state index < -0.39 is 32.8 Å². The largest absolute Gasteiger partial charge is 0.444 e. The lowest BCUT2D eigenvalue weighted by Gasteiger charge is -2.34. The molecule has 0 bridgehead atoms. The van der Waals surface area contributed by atoms with Gasteiger partial charge in [-0.1, -0.05) is 19.1 Å². The highest BCUT2D eigenvalue weighted by atomic mass is 32.2. The Hall–Kier alpha value is -4.65. The maximum atomic E-state index is 15.1. The number of nitrogens with one attached hydrogen (secondary N) is 1. The molecular formula is C35H39F2N5O5S. The van der Waals surface area contributed by atoms with Crippen LogP contribution in [0.4, 0.5) is 19.5 Å². The minimum Gasteiger partial charge on any atom is -0.444 e. The Morgan fingerprint density at radius 2 is 1.88 bits per heavy atom. The van der Waals surface area contributed by atoms with Crippen molar-refractivity contribution in [1.29, 1.82) is 0 Å². The third kappa shape index (κ3) is 8.43.